The summed E-state index contributed by atoms with van der Waals surface area (Å²) in [5.41, 5.74) is 0. The van der Waals surface area contributed by atoms with Crippen molar-refractivity contribution in [3.8, 4) is 0 Å². The van der Waals surface area contributed by atoms with Crippen molar-refractivity contribution in [2.24, 2.45) is 0 Å². The molecule has 0 saturated heterocycles. The van der Waals surface area contributed by atoms with Crippen molar-refractivity contribution in [1.82, 2.24) is 10.6 Å². The molecule has 0 rings (SSSR count). The minimum absolute atomic E-state index is 0.0381. The second-order valence-corrected chi connectivity index (χ2v) is 3.85. The van der Waals surface area contributed by atoms with Crippen molar-refractivity contribution < 1.29 is 18.0 Å². The van der Waals surface area contributed by atoms with E-state index < -0.39 is 12.6 Å². The first-order chi connectivity index (χ1) is 7.31. The minimum atomic E-state index is -4.06. The summed E-state index contributed by atoms with van der Waals surface area (Å²) >= 11 is 0. The highest BCUT2D eigenvalue weighted by Crippen LogP contribution is 2.22. The van der Waals surface area contributed by atoms with Crippen molar-refractivity contribution in [3.63, 3.8) is 0 Å². The van der Waals surface area contributed by atoms with Crippen LogP contribution in [0.25, 0.3) is 0 Å². The maximum atomic E-state index is 11.8. The topological polar surface area (TPSA) is 41.1 Å². The summed E-state index contributed by atoms with van der Waals surface area (Å²) in [7, 11) is 0. The Hall–Kier alpha value is -0.780. The number of carbonyl (C=O) groups excluding carboxylic acids is 1. The van der Waals surface area contributed by atoms with Gasteiger partial charge in [0.05, 0.1) is 0 Å². The van der Waals surface area contributed by atoms with E-state index >= 15 is 0 Å². The minimum Gasteiger partial charge on any atom is -0.355 e. The summed E-state index contributed by atoms with van der Waals surface area (Å²) in [6.07, 6.45) is -4.17. The largest absolute Gasteiger partial charge is 0.389 e. The summed E-state index contributed by atoms with van der Waals surface area (Å²) in [4.78, 5) is 10.5. The Labute approximate surface area is 93.8 Å². The van der Waals surface area contributed by atoms with Gasteiger partial charge in [0.25, 0.3) is 0 Å². The zero-order chi connectivity index (χ0) is 12.6. The van der Waals surface area contributed by atoms with Crippen LogP contribution in [-0.2, 0) is 4.79 Å². The number of hydrogen-bond acceptors (Lipinski definition) is 2. The molecule has 0 bridgehead atoms. The molecule has 0 aliphatic heterocycles. The van der Waals surface area contributed by atoms with E-state index in [1.54, 1.807) is 0 Å². The van der Waals surface area contributed by atoms with Gasteiger partial charge < -0.3 is 10.6 Å². The molecule has 3 nitrogen and oxygen atoms in total. The number of halogens is 3. The van der Waals surface area contributed by atoms with Crippen LogP contribution in [0.2, 0.25) is 0 Å². The summed E-state index contributed by atoms with van der Waals surface area (Å²) in [5, 5.41) is 5.64. The van der Waals surface area contributed by atoms with Crippen LogP contribution >= 0.6 is 0 Å². The zero-order valence-electron chi connectivity index (χ0n) is 9.66. The van der Waals surface area contributed by atoms with Gasteiger partial charge in [-0.15, -0.1) is 0 Å². The van der Waals surface area contributed by atoms with E-state index in [9.17, 15) is 18.0 Å². The second kappa shape index (κ2) is 7.49. The van der Waals surface area contributed by atoms with E-state index in [1.807, 2.05) is 6.92 Å². The van der Waals surface area contributed by atoms with Crippen LogP contribution in [-0.4, -0.2) is 31.2 Å². The molecule has 0 aliphatic rings. The van der Waals surface area contributed by atoms with Gasteiger partial charge >= 0.3 is 6.18 Å². The Kier molecular flexibility index (Phi) is 7.12. The van der Waals surface area contributed by atoms with Gasteiger partial charge in [0.1, 0.15) is 0 Å². The van der Waals surface area contributed by atoms with E-state index in [-0.39, 0.29) is 18.4 Å². The molecular formula is C10H19F3N2O. The first-order valence-electron chi connectivity index (χ1n) is 5.36. The van der Waals surface area contributed by atoms with Crippen LogP contribution in [0.1, 0.15) is 33.1 Å². The maximum absolute atomic E-state index is 11.8. The molecule has 0 aromatic carbocycles. The monoisotopic (exact) mass is 240 g/mol. The smallest absolute Gasteiger partial charge is 0.355 e. The van der Waals surface area contributed by atoms with Crippen molar-refractivity contribution in [2.45, 2.75) is 45.3 Å². The second-order valence-electron chi connectivity index (χ2n) is 3.85. The molecule has 0 spiro atoms. The molecule has 0 fully saturated rings. The standard InChI is InChI=1S/C10H19F3N2O/c1-8(4-3-5-10(11,12)13)14-6-7-15-9(2)16/h8,14H,3-7H2,1-2H3,(H,15,16). The first-order valence-corrected chi connectivity index (χ1v) is 5.36. The number of nitrogens with one attached hydrogen (secondary N) is 2. The number of rotatable bonds is 7. The van der Waals surface area contributed by atoms with E-state index in [4.69, 9.17) is 0 Å². The highest BCUT2D eigenvalue weighted by molar-refractivity contribution is 5.72. The van der Waals surface area contributed by atoms with E-state index in [1.165, 1.54) is 6.92 Å². The van der Waals surface area contributed by atoms with E-state index in [0.717, 1.165) is 0 Å². The number of hydrogen-bond donors (Lipinski definition) is 2. The first kappa shape index (κ1) is 15.2. The van der Waals surface area contributed by atoms with Crippen molar-refractivity contribution in [1.29, 1.82) is 0 Å². The third-order valence-electron chi connectivity index (χ3n) is 2.09. The van der Waals surface area contributed by atoms with Gasteiger partial charge in [-0.3, -0.25) is 4.79 Å². The van der Waals surface area contributed by atoms with Crippen LogP contribution < -0.4 is 10.6 Å². The van der Waals surface area contributed by atoms with Crippen LogP contribution in [0.4, 0.5) is 13.2 Å². The summed E-state index contributed by atoms with van der Waals surface area (Å²) < 4.78 is 35.5. The molecule has 1 amide bonds. The predicted molar refractivity (Wildman–Crippen MR) is 56.1 cm³/mol. The molecule has 0 radical (unpaired) electrons. The Bertz CT molecular complexity index is 207. The average molecular weight is 240 g/mol. The Morgan fingerprint density at radius 2 is 1.94 bits per heavy atom. The molecule has 1 atom stereocenters. The van der Waals surface area contributed by atoms with Crippen molar-refractivity contribution >= 4 is 5.91 Å². The van der Waals surface area contributed by atoms with Crippen LogP contribution in [0.15, 0.2) is 0 Å². The third kappa shape index (κ3) is 11.3. The molecule has 1 unspecified atom stereocenters. The molecule has 0 aliphatic carbocycles. The molecule has 6 heteroatoms. The van der Waals surface area contributed by atoms with Crippen molar-refractivity contribution in [3.05, 3.63) is 0 Å². The fourth-order valence-corrected chi connectivity index (χ4v) is 1.27. The maximum Gasteiger partial charge on any atom is 0.389 e. The number of amides is 1. The fraction of sp³-hybridized carbons (Fsp3) is 0.900. The van der Waals surface area contributed by atoms with Gasteiger partial charge in [-0.1, -0.05) is 0 Å². The van der Waals surface area contributed by atoms with Gasteiger partial charge in [0, 0.05) is 32.5 Å². The lowest BCUT2D eigenvalue weighted by molar-refractivity contribution is -0.135. The molecule has 2 N–H and O–H groups in total. The van der Waals surface area contributed by atoms with E-state index in [0.29, 0.717) is 19.5 Å². The average Bonchev–Trinajstić information content (AvgIpc) is 2.10. The summed E-state index contributed by atoms with van der Waals surface area (Å²) in [6.45, 7) is 4.34. The third-order valence-corrected chi connectivity index (χ3v) is 2.09. The number of carbonyl (C=O) groups is 1. The molecule has 0 aromatic rings. The zero-order valence-corrected chi connectivity index (χ0v) is 9.66. The Balaban J connectivity index is 3.38. The summed E-state index contributed by atoms with van der Waals surface area (Å²) in [6, 6.07) is 0.0381. The normalized spacial score (nSPS) is 13.6. The highest BCUT2D eigenvalue weighted by atomic mass is 19.4. The quantitative estimate of drug-likeness (QED) is 0.667. The van der Waals surface area contributed by atoms with Gasteiger partial charge in [-0.2, -0.15) is 13.2 Å². The van der Waals surface area contributed by atoms with Gasteiger partial charge in [0.15, 0.2) is 0 Å². The van der Waals surface area contributed by atoms with Crippen LogP contribution in [0.5, 0.6) is 0 Å². The van der Waals surface area contributed by atoms with Crippen molar-refractivity contribution in [2.75, 3.05) is 13.1 Å². The lowest BCUT2D eigenvalue weighted by Gasteiger charge is -2.14. The molecule has 96 valence electrons. The molecule has 0 aromatic heterocycles. The van der Waals surface area contributed by atoms with Gasteiger partial charge in [-0.25, -0.2) is 0 Å². The van der Waals surface area contributed by atoms with Crippen LogP contribution in [0, 0.1) is 0 Å². The lowest BCUT2D eigenvalue weighted by atomic mass is 10.1. The highest BCUT2D eigenvalue weighted by Gasteiger charge is 2.26. The van der Waals surface area contributed by atoms with Crippen LogP contribution in [0.3, 0.4) is 0 Å². The van der Waals surface area contributed by atoms with Gasteiger partial charge in [-0.05, 0) is 19.8 Å². The van der Waals surface area contributed by atoms with E-state index in [2.05, 4.69) is 10.6 Å². The fourth-order valence-electron chi connectivity index (χ4n) is 1.27. The Morgan fingerprint density at radius 3 is 2.44 bits per heavy atom. The molecule has 16 heavy (non-hydrogen) atoms. The predicted octanol–water partition coefficient (Wildman–Crippen LogP) is 1.83. The lowest BCUT2D eigenvalue weighted by Crippen LogP contribution is -2.35. The SMILES string of the molecule is CC(=O)NCCNC(C)CCCC(F)(F)F. The number of alkyl halides is 3. The summed E-state index contributed by atoms with van der Waals surface area (Å²) in [5.74, 6) is -0.105. The molecule has 0 heterocycles. The molecule has 0 saturated carbocycles. The Morgan fingerprint density at radius 1 is 1.31 bits per heavy atom. The van der Waals surface area contributed by atoms with Gasteiger partial charge in [0.2, 0.25) is 5.91 Å². The molecular weight excluding hydrogens is 221 g/mol.